The molecule has 0 aliphatic heterocycles. The molecule has 0 saturated carbocycles. The van der Waals surface area contributed by atoms with Crippen molar-refractivity contribution in [2.24, 2.45) is 11.7 Å². The van der Waals surface area contributed by atoms with Crippen LogP contribution in [-0.2, 0) is 4.79 Å². The summed E-state index contributed by atoms with van der Waals surface area (Å²) in [6.07, 6.45) is 2.45. The summed E-state index contributed by atoms with van der Waals surface area (Å²) in [5.41, 5.74) is 5.28. The highest BCUT2D eigenvalue weighted by Crippen LogP contribution is 2.00. The zero-order valence-corrected chi connectivity index (χ0v) is 9.63. The van der Waals surface area contributed by atoms with Gasteiger partial charge in [0.25, 0.3) is 5.97 Å². The first-order valence-corrected chi connectivity index (χ1v) is 4.90. The van der Waals surface area contributed by atoms with Crippen LogP contribution in [0.2, 0.25) is 0 Å². The molecule has 0 unspecified atom stereocenters. The Hall–Kier alpha value is -0.570. The molecule has 0 radical (unpaired) electrons. The Bertz CT molecular complexity index is 88.9. The summed E-state index contributed by atoms with van der Waals surface area (Å²) in [5.74, 6) is -0.0106. The van der Waals surface area contributed by atoms with Crippen LogP contribution in [0.15, 0.2) is 0 Å². The Morgan fingerprint density at radius 3 is 1.77 bits per heavy atom. The number of carboxylic acid groups (broad SMARTS) is 1. The van der Waals surface area contributed by atoms with Crippen LogP contribution in [-0.4, -0.2) is 17.6 Å². The van der Waals surface area contributed by atoms with Crippen LogP contribution in [0.5, 0.6) is 0 Å². The molecule has 3 nitrogen and oxygen atoms in total. The van der Waals surface area contributed by atoms with Gasteiger partial charge < -0.3 is 10.8 Å². The summed E-state index contributed by atoms with van der Waals surface area (Å²) in [4.78, 5) is 9.00. The standard InChI is InChI=1S/C6H15N.C2H4O2.C2H6/c1-6(2)4-3-5-7;1-2(3)4;1-2/h6H,3-5,7H2,1-2H3;1H3,(H,3,4);1-2H3. The van der Waals surface area contributed by atoms with E-state index in [1.807, 2.05) is 13.8 Å². The van der Waals surface area contributed by atoms with Gasteiger partial charge in [-0.3, -0.25) is 4.79 Å². The van der Waals surface area contributed by atoms with Gasteiger partial charge in [-0.25, -0.2) is 0 Å². The number of carbonyl (C=O) groups is 1. The number of carboxylic acids is 1. The third-order valence-electron chi connectivity index (χ3n) is 0.986. The minimum Gasteiger partial charge on any atom is -0.481 e. The third-order valence-corrected chi connectivity index (χ3v) is 0.986. The molecule has 0 bridgehead atoms. The minimum absolute atomic E-state index is 0.823. The van der Waals surface area contributed by atoms with Crippen molar-refractivity contribution in [1.82, 2.24) is 0 Å². The van der Waals surface area contributed by atoms with E-state index in [2.05, 4.69) is 13.8 Å². The lowest BCUT2D eigenvalue weighted by Gasteiger charge is -1.98. The van der Waals surface area contributed by atoms with Crippen molar-refractivity contribution in [2.45, 2.75) is 47.5 Å². The first-order chi connectivity index (χ1) is 6.00. The van der Waals surface area contributed by atoms with E-state index in [9.17, 15) is 0 Å². The fourth-order valence-corrected chi connectivity index (χ4v) is 0.526. The number of rotatable bonds is 3. The number of hydrogen-bond donors (Lipinski definition) is 2. The summed E-state index contributed by atoms with van der Waals surface area (Å²) in [6.45, 7) is 10.4. The highest BCUT2D eigenvalue weighted by Gasteiger charge is 1.88. The van der Waals surface area contributed by atoms with Gasteiger partial charge in [-0.05, 0) is 25.3 Å². The smallest absolute Gasteiger partial charge is 0.300 e. The van der Waals surface area contributed by atoms with Gasteiger partial charge in [0, 0.05) is 6.92 Å². The Balaban J connectivity index is -0.000000142. The van der Waals surface area contributed by atoms with Crippen LogP contribution in [0.4, 0.5) is 0 Å². The van der Waals surface area contributed by atoms with Gasteiger partial charge >= 0.3 is 0 Å². The molecule has 0 atom stereocenters. The van der Waals surface area contributed by atoms with Gasteiger partial charge in [0.2, 0.25) is 0 Å². The topological polar surface area (TPSA) is 63.3 Å². The van der Waals surface area contributed by atoms with Crippen LogP contribution in [0.1, 0.15) is 47.5 Å². The van der Waals surface area contributed by atoms with Crippen molar-refractivity contribution in [3.8, 4) is 0 Å². The lowest BCUT2D eigenvalue weighted by Crippen LogP contribution is -1.99. The van der Waals surface area contributed by atoms with Gasteiger partial charge in [0.1, 0.15) is 0 Å². The fourth-order valence-electron chi connectivity index (χ4n) is 0.526. The van der Waals surface area contributed by atoms with Gasteiger partial charge in [-0.2, -0.15) is 0 Å². The maximum absolute atomic E-state index is 9.00. The van der Waals surface area contributed by atoms with Gasteiger partial charge in [0.05, 0.1) is 0 Å². The Kier molecular flexibility index (Phi) is 24.6. The van der Waals surface area contributed by atoms with Crippen LogP contribution >= 0.6 is 0 Å². The van der Waals surface area contributed by atoms with E-state index in [0.717, 1.165) is 19.4 Å². The average Bonchev–Trinajstić information content (AvgIpc) is 2.03. The van der Waals surface area contributed by atoms with Crippen molar-refractivity contribution in [2.75, 3.05) is 6.54 Å². The van der Waals surface area contributed by atoms with Gasteiger partial charge in [0.15, 0.2) is 0 Å². The summed E-state index contributed by atoms with van der Waals surface area (Å²) in [5, 5.41) is 7.42. The molecule has 0 spiro atoms. The zero-order valence-electron chi connectivity index (χ0n) is 9.63. The number of aliphatic carboxylic acids is 1. The minimum atomic E-state index is -0.833. The quantitative estimate of drug-likeness (QED) is 0.720. The van der Waals surface area contributed by atoms with Crippen molar-refractivity contribution in [3.05, 3.63) is 0 Å². The number of nitrogens with two attached hydrogens (primary N) is 1. The highest BCUT2D eigenvalue weighted by atomic mass is 16.4. The monoisotopic (exact) mass is 191 g/mol. The molecule has 0 aromatic carbocycles. The van der Waals surface area contributed by atoms with E-state index in [1.165, 1.54) is 12.8 Å². The van der Waals surface area contributed by atoms with E-state index in [1.54, 1.807) is 0 Å². The second-order valence-electron chi connectivity index (χ2n) is 2.84. The lowest BCUT2D eigenvalue weighted by atomic mass is 10.1. The highest BCUT2D eigenvalue weighted by molar-refractivity contribution is 5.62. The molecule has 0 fully saturated rings. The molecular weight excluding hydrogens is 166 g/mol. The summed E-state index contributed by atoms with van der Waals surface area (Å²) < 4.78 is 0. The van der Waals surface area contributed by atoms with Crippen molar-refractivity contribution >= 4 is 5.97 Å². The van der Waals surface area contributed by atoms with E-state index in [0.29, 0.717) is 0 Å². The van der Waals surface area contributed by atoms with Crippen molar-refractivity contribution in [3.63, 3.8) is 0 Å². The molecule has 0 saturated heterocycles. The molecule has 0 heterocycles. The molecule has 0 rings (SSSR count). The van der Waals surface area contributed by atoms with E-state index < -0.39 is 5.97 Å². The van der Waals surface area contributed by atoms with E-state index >= 15 is 0 Å². The largest absolute Gasteiger partial charge is 0.481 e. The fraction of sp³-hybridized carbons (Fsp3) is 0.900. The summed E-state index contributed by atoms with van der Waals surface area (Å²) in [7, 11) is 0. The zero-order chi connectivity index (χ0) is 11.3. The van der Waals surface area contributed by atoms with Crippen molar-refractivity contribution in [1.29, 1.82) is 0 Å². The molecule has 0 amide bonds. The first kappa shape index (κ1) is 18.3. The third kappa shape index (κ3) is 86.4. The van der Waals surface area contributed by atoms with Crippen LogP contribution in [0, 0.1) is 5.92 Å². The van der Waals surface area contributed by atoms with E-state index in [-0.39, 0.29) is 0 Å². The second-order valence-corrected chi connectivity index (χ2v) is 2.84. The molecule has 3 heteroatoms. The molecule has 0 aromatic rings. The molecule has 82 valence electrons. The predicted octanol–water partition coefficient (Wildman–Crippen LogP) is 2.50. The molecule has 13 heavy (non-hydrogen) atoms. The van der Waals surface area contributed by atoms with Crippen molar-refractivity contribution < 1.29 is 9.90 Å². The Labute approximate surface area is 82.3 Å². The molecule has 3 N–H and O–H groups in total. The van der Waals surface area contributed by atoms with E-state index in [4.69, 9.17) is 15.6 Å². The van der Waals surface area contributed by atoms with Crippen LogP contribution < -0.4 is 5.73 Å². The maximum Gasteiger partial charge on any atom is 0.300 e. The molecule has 0 aliphatic carbocycles. The summed E-state index contributed by atoms with van der Waals surface area (Å²) >= 11 is 0. The maximum atomic E-state index is 9.00. The number of hydrogen-bond acceptors (Lipinski definition) is 2. The van der Waals surface area contributed by atoms with Crippen LogP contribution in [0.25, 0.3) is 0 Å². The summed E-state index contributed by atoms with van der Waals surface area (Å²) in [6, 6.07) is 0. The predicted molar refractivity (Wildman–Crippen MR) is 57.8 cm³/mol. The first-order valence-electron chi connectivity index (χ1n) is 4.90. The molecule has 0 aliphatic rings. The Morgan fingerprint density at radius 1 is 1.38 bits per heavy atom. The van der Waals surface area contributed by atoms with Gasteiger partial charge in [-0.1, -0.05) is 27.7 Å². The van der Waals surface area contributed by atoms with Crippen LogP contribution in [0.3, 0.4) is 0 Å². The average molecular weight is 191 g/mol. The lowest BCUT2D eigenvalue weighted by molar-refractivity contribution is -0.134. The SMILES string of the molecule is CC.CC(=O)O.CC(C)CCCN. The normalized spacial score (nSPS) is 7.92. The Morgan fingerprint density at radius 2 is 1.69 bits per heavy atom. The van der Waals surface area contributed by atoms with Gasteiger partial charge in [-0.15, -0.1) is 0 Å². The second kappa shape index (κ2) is 17.5. The molecular formula is C10H25NO2. The molecule has 0 aromatic heterocycles.